The van der Waals surface area contributed by atoms with Crippen molar-refractivity contribution < 1.29 is 19.1 Å². The molecule has 12 nitrogen and oxygen atoms in total. The lowest BCUT2D eigenvalue weighted by molar-refractivity contribution is 0.0999. The smallest absolute Gasteiger partial charge is 0.410 e. The summed E-state index contributed by atoms with van der Waals surface area (Å²) >= 11 is 7.01. The zero-order chi connectivity index (χ0) is 33.7. The number of allylic oxidation sites excluding steroid dienone is 1. The van der Waals surface area contributed by atoms with Crippen LogP contribution in [0.3, 0.4) is 0 Å². The minimum absolute atomic E-state index is 0.0187. The number of carbonyl (C=O) groups excluding carboxylic acids is 2. The molecule has 1 aliphatic heterocycles. The summed E-state index contributed by atoms with van der Waals surface area (Å²) in [5, 5.41) is 10.5. The van der Waals surface area contributed by atoms with E-state index >= 15 is 0 Å². The van der Waals surface area contributed by atoms with E-state index in [9.17, 15) is 14.4 Å². The summed E-state index contributed by atoms with van der Waals surface area (Å²) in [5.74, 6) is -0.285. The topological polar surface area (TPSA) is 141 Å². The van der Waals surface area contributed by atoms with Crippen LogP contribution in [0.4, 0.5) is 10.5 Å². The predicted octanol–water partition coefficient (Wildman–Crippen LogP) is 5.35. The van der Waals surface area contributed by atoms with Crippen molar-refractivity contribution in [3.8, 4) is 28.3 Å². The van der Waals surface area contributed by atoms with Gasteiger partial charge in [-0.25, -0.2) is 14.5 Å². The van der Waals surface area contributed by atoms with Gasteiger partial charge in [-0.2, -0.15) is 5.10 Å². The van der Waals surface area contributed by atoms with E-state index in [0.717, 1.165) is 34.3 Å². The highest BCUT2D eigenvalue weighted by atomic mass is 35.5. The molecule has 13 heteroatoms. The summed E-state index contributed by atoms with van der Waals surface area (Å²) in [4.78, 5) is 49.2. The highest BCUT2D eigenvalue weighted by Gasteiger charge is 2.26. The van der Waals surface area contributed by atoms with E-state index in [1.807, 2.05) is 31.2 Å². The number of rotatable bonds is 10. The van der Waals surface area contributed by atoms with Gasteiger partial charge in [-0.05, 0) is 49.9 Å². The Morgan fingerprint density at radius 2 is 1.91 bits per heavy atom. The Bertz CT molecular complexity index is 1890. The SMILES string of the molecule is C=C1CC[C@@H](CN(Cc2ncc(-c3cccc(-c4cccc(NC(=O)c5ccnn(C)c5=O)c4C)c3Cl)nc2OC)C(=O)OCC)N1. The van der Waals surface area contributed by atoms with Crippen molar-refractivity contribution in [3.63, 3.8) is 0 Å². The fourth-order valence-corrected chi connectivity index (χ4v) is 5.78. The van der Waals surface area contributed by atoms with Gasteiger partial charge >= 0.3 is 6.09 Å². The second-order valence-electron chi connectivity index (χ2n) is 11.0. The number of amides is 2. The van der Waals surface area contributed by atoms with Crippen LogP contribution in [0.2, 0.25) is 5.02 Å². The van der Waals surface area contributed by atoms with Crippen molar-refractivity contribution >= 4 is 29.3 Å². The average Bonchev–Trinajstić information content (AvgIpc) is 3.47. The van der Waals surface area contributed by atoms with Gasteiger partial charge in [0, 0.05) is 48.3 Å². The Kier molecular flexibility index (Phi) is 10.2. The zero-order valence-electron chi connectivity index (χ0n) is 26.7. The summed E-state index contributed by atoms with van der Waals surface area (Å²) in [6.45, 7) is 8.41. The first-order valence-corrected chi connectivity index (χ1v) is 15.5. The first-order valence-electron chi connectivity index (χ1n) is 15.1. The molecule has 2 aromatic heterocycles. The number of benzene rings is 2. The largest absolute Gasteiger partial charge is 0.480 e. The highest BCUT2D eigenvalue weighted by Crippen LogP contribution is 2.39. The maximum absolute atomic E-state index is 13.0. The van der Waals surface area contributed by atoms with E-state index in [1.165, 1.54) is 26.4 Å². The van der Waals surface area contributed by atoms with Crippen molar-refractivity contribution in [2.75, 3.05) is 25.6 Å². The van der Waals surface area contributed by atoms with Crippen LogP contribution in [-0.4, -0.2) is 63.0 Å². The molecule has 0 saturated carbocycles. The second kappa shape index (κ2) is 14.5. The van der Waals surface area contributed by atoms with E-state index in [2.05, 4.69) is 27.3 Å². The van der Waals surface area contributed by atoms with Crippen molar-refractivity contribution in [1.82, 2.24) is 30.0 Å². The number of hydrogen-bond acceptors (Lipinski definition) is 9. The lowest BCUT2D eigenvalue weighted by atomic mass is 9.96. The molecule has 2 amide bonds. The van der Waals surface area contributed by atoms with Crippen LogP contribution in [0.15, 0.2) is 71.9 Å². The molecule has 0 aliphatic carbocycles. The number of nitrogens with zero attached hydrogens (tertiary/aromatic N) is 5. The van der Waals surface area contributed by atoms with Crippen LogP contribution in [0.25, 0.3) is 22.4 Å². The van der Waals surface area contributed by atoms with Gasteiger partial charge in [-0.15, -0.1) is 0 Å². The molecule has 47 heavy (non-hydrogen) atoms. The summed E-state index contributed by atoms with van der Waals surface area (Å²) in [6, 6.07) is 12.5. The van der Waals surface area contributed by atoms with Crippen molar-refractivity contribution in [1.29, 1.82) is 0 Å². The van der Waals surface area contributed by atoms with Crippen LogP contribution in [0.5, 0.6) is 5.88 Å². The number of methoxy groups -OCH3 is 1. The first kappa shape index (κ1) is 33.1. The molecule has 1 fully saturated rings. The van der Waals surface area contributed by atoms with Gasteiger partial charge in [0.15, 0.2) is 0 Å². The number of nitrogens with one attached hydrogen (secondary N) is 2. The standard InChI is InChI=1S/C34H36ClN7O5/c1-6-47-34(45)42(18-22-14-13-20(2)38-22)19-29-32(46-5)40-28(17-36-29)25-11-7-10-24(30(25)35)23-9-8-12-27(21(23)3)39-31(43)26-15-16-37-41(4)33(26)44/h7-12,15-17,22,38H,2,6,13-14,18-19H2,1,3-5H3,(H,39,43)/t22-/m0/s1. The van der Waals surface area contributed by atoms with Gasteiger partial charge in [0.05, 0.1) is 37.2 Å². The molecule has 2 N–H and O–H groups in total. The van der Waals surface area contributed by atoms with Crippen molar-refractivity contribution in [2.45, 2.75) is 39.3 Å². The fourth-order valence-electron chi connectivity index (χ4n) is 5.45. The van der Waals surface area contributed by atoms with Gasteiger partial charge in [0.25, 0.3) is 11.5 Å². The maximum atomic E-state index is 13.0. The molecule has 244 valence electrons. The highest BCUT2D eigenvalue weighted by molar-refractivity contribution is 6.36. The molecule has 0 radical (unpaired) electrons. The van der Waals surface area contributed by atoms with Crippen LogP contribution in [0.1, 0.15) is 41.4 Å². The molecule has 0 unspecified atom stereocenters. The second-order valence-corrected chi connectivity index (χ2v) is 11.4. The summed E-state index contributed by atoms with van der Waals surface area (Å²) < 4.78 is 12.0. The van der Waals surface area contributed by atoms with Crippen LogP contribution >= 0.6 is 11.6 Å². The van der Waals surface area contributed by atoms with Crippen molar-refractivity contribution in [2.24, 2.45) is 7.05 Å². The number of hydrogen-bond donors (Lipinski definition) is 2. The average molecular weight is 658 g/mol. The molecule has 5 rings (SSSR count). The van der Waals surface area contributed by atoms with E-state index < -0.39 is 17.6 Å². The predicted molar refractivity (Wildman–Crippen MR) is 179 cm³/mol. The molecule has 0 spiro atoms. The molecule has 1 saturated heterocycles. The Morgan fingerprint density at radius 1 is 1.17 bits per heavy atom. The van der Waals surface area contributed by atoms with Crippen LogP contribution in [-0.2, 0) is 18.3 Å². The molecular weight excluding hydrogens is 622 g/mol. The Labute approximate surface area is 277 Å². The Morgan fingerprint density at radius 3 is 2.64 bits per heavy atom. The summed E-state index contributed by atoms with van der Waals surface area (Å²) in [6.07, 6.45) is 4.26. The molecule has 0 bridgehead atoms. The monoisotopic (exact) mass is 657 g/mol. The Balaban J connectivity index is 1.42. The normalized spacial score (nSPS) is 14.0. The third kappa shape index (κ3) is 7.28. The Hall–Kier alpha value is -5.23. The molecule has 3 heterocycles. The summed E-state index contributed by atoms with van der Waals surface area (Å²) in [7, 11) is 2.98. The van der Waals surface area contributed by atoms with Gasteiger partial charge < -0.3 is 25.0 Å². The third-order valence-electron chi connectivity index (χ3n) is 7.91. The minimum atomic E-state index is -0.540. The van der Waals surface area contributed by atoms with E-state index in [4.69, 9.17) is 26.1 Å². The summed E-state index contributed by atoms with van der Waals surface area (Å²) in [5.41, 5.74) is 4.77. The molecule has 1 aliphatic rings. The minimum Gasteiger partial charge on any atom is -0.480 e. The quantitative estimate of drug-likeness (QED) is 0.231. The fraction of sp³-hybridized carbons (Fsp3) is 0.294. The molecule has 1 atom stereocenters. The van der Waals surface area contributed by atoms with E-state index in [-0.39, 0.29) is 30.6 Å². The van der Waals surface area contributed by atoms with Crippen LogP contribution < -0.4 is 20.9 Å². The molecule has 2 aromatic carbocycles. The van der Waals surface area contributed by atoms with E-state index in [0.29, 0.717) is 39.8 Å². The third-order valence-corrected chi connectivity index (χ3v) is 8.32. The lowest BCUT2D eigenvalue weighted by Gasteiger charge is -2.25. The number of aromatic nitrogens is 4. The van der Waals surface area contributed by atoms with Gasteiger partial charge in [0.2, 0.25) is 5.88 Å². The first-order chi connectivity index (χ1) is 22.6. The molecule has 4 aromatic rings. The van der Waals surface area contributed by atoms with E-state index in [1.54, 1.807) is 30.2 Å². The number of halogens is 1. The lowest BCUT2D eigenvalue weighted by Crippen LogP contribution is -2.41. The number of carbonyl (C=O) groups is 2. The number of anilines is 1. The van der Waals surface area contributed by atoms with Crippen molar-refractivity contribution in [3.05, 3.63) is 99.3 Å². The maximum Gasteiger partial charge on any atom is 0.410 e. The number of ether oxygens (including phenoxy) is 2. The zero-order valence-corrected chi connectivity index (χ0v) is 27.4. The van der Waals surface area contributed by atoms with Gasteiger partial charge in [-0.3, -0.25) is 14.6 Å². The number of aryl methyl sites for hydroxylation is 1. The van der Waals surface area contributed by atoms with Crippen LogP contribution in [0, 0.1) is 6.92 Å². The molecular formula is C34H36ClN7O5. The van der Waals surface area contributed by atoms with Gasteiger partial charge in [-0.1, -0.05) is 48.5 Å². The van der Waals surface area contributed by atoms with Gasteiger partial charge in [0.1, 0.15) is 11.3 Å².